The van der Waals surface area contributed by atoms with Crippen molar-refractivity contribution in [2.45, 2.75) is 24.7 Å². The molecule has 304 valence electrons. The van der Waals surface area contributed by atoms with Gasteiger partial charge in [-0.15, -0.1) is 0 Å². The summed E-state index contributed by atoms with van der Waals surface area (Å²) < 4.78 is 13.0. The highest BCUT2D eigenvalue weighted by atomic mass is 16.5. The van der Waals surface area contributed by atoms with Gasteiger partial charge in [0.05, 0.1) is 25.1 Å². The number of benzene rings is 6. The third-order valence-electron chi connectivity index (χ3n) is 10.7. The number of urea groups is 1. The molecule has 0 saturated carbocycles. The van der Waals surface area contributed by atoms with Crippen molar-refractivity contribution in [1.82, 2.24) is 20.1 Å². The van der Waals surface area contributed by atoms with E-state index in [4.69, 9.17) is 19.6 Å². The predicted molar refractivity (Wildman–Crippen MR) is 237 cm³/mol. The van der Waals surface area contributed by atoms with Crippen LogP contribution in [0.2, 0.25) is 0 Å². The number of anilines is 2. The van der Waals surface area contributed by atoms with Crippen LogP contribution in [0.25, 0.3) is 10.9 Å². The van der Waals surface area contributed by atoms with Gasteiger partial charge in [-0.1, -0.05) is 146 Å². The van der Waals surface area contributed by atoms with Gasteiger partial charge in [-0.2, -0.15) is 5.10 Å². The average molecular weight is 809 g/mol. The van der Waals surface area contributed by atoms with Crippen molar-refractivity contribution in [3.63, 3.8) is 0 Å². The first-order valence-electron chi connectivity index (χ1n) is 19.8. The van der Waals surface area contributed by atoms with Gasteiger partial charge in [0.15, 0.2) is 11.9 Å². The van der Waals surface area contributed by atoms with Gasteiger partial charge in [-0.3, -0.25) is 5.32 Å². The first-order valence-corrected chi connectivity index (χ1v) is 19.8. The first kappa shape index (κ1) is 39.9. The number of aliphatic carboxylic acids is 1. The summed E-state index contributed by atoms with van der Waals surface area (Å²) in [6, 6.07) is 55.0. The Morgan fingerprint density at radius 3 is 1.57 bits per heavy atom. The second-order valence-corrected chi connectivity index (χ2v) is 14.5. The molecule has 11 heteroatoms. The summed E-state index contributed by atoms with van der Waals surface area (Å²) in [5.41, 5.74) is 5.00. The van der Waals surface area contributed by atoms with Gasteiger partial charge >= 0.3 is 12.0 Å². The smallest absolute Gasteiger partial charge is 0.330 e. The van der Waals surface area contributed by atoms with E-state index >= 15 is 0 Å². The lowest BCUT2D eigenvalue weighted by Crippen LogP contribution is -2.39. The number of carbonyl (C=O) groups excluding carboxylic acids is 1. The highest BCUT2D eigenvalue weighted by Gasteiger charge is 2.41. The molecular weight excluding hydrogens is 765 g/mol. The quantitative estimate of drug-likeness (QED) is 0.0874. The van der Waals surface area contributed by atoms with Crippen LogP contribution < -0.4 is 25.0 Å². The molecule has 6 aromatic carbocycles. The van der Waals surface area contributed by atoms with Crippen LogP contribution in [0.1, 0.15) is 39.4 Å². The Balaban J connectivity index is 1.35. The Hall–Kier alpha value is -7.92. The number of ether oxygens (including phenoxy) is 2. The van der Waals surface area contributed by atoms with Crippen molar-refractivity contribution >= 4 is 34.5 Å². The highest BCUT2D eigenvalue weighted by molar-refractivity contribution is 5.96. The Morgan fingerprint density at radius 1 is 0.672 bits per heavy atom. The molecular formula is C50H44N6O5. The molecule has 2 amide bonds. The molecule has 0 fully saturated rings. The van der Waals surface area contributed by atoms with Crippen LogP contribution in [-0.4, -0.2) is 46.1 Å². The maximum atomic E-state index is 13.6. The normalized spacial score (nSPS) is 11.7. The number of nitrogens with zero attached hydrogens (tertiary/aromatic N) is 4. The third-order valence-corrected chi connectivity index (χ3v) is 10.7. The van der Waals surface area contributed by atoms with Crippen LogP contribution in [0.3, 0.4) is 0 Å². The number of carboxylic acids is 1. The van der Waals surface area contributed by atoms with E-state index in [9.17, 15) is 14.7 Å². The largest absolute Gasteiger partial charge is 0.497 e. The predicted octanol–water partition coefficient (Wildman–Crippen LogP) is 9.44. The van der Waals surface area contributed by atoms with E-state index in [0.717, 1.165) is 44.7 Å². The minimum atomic E-state index is -1.28. The number of hydrogen-bond acceptors (Lipinski definition) is 7. The molecule has 0 unspecified atom stereocenters. The summed E-state index contributed by atoms with van der Waals surface area (Å²) >= 11 is 0. The number of aromatic nitrogens is 3. The van der Waals surface area contributed by atoms with Crippen LogP contribution in [0.4, 0.5) is 16.4 Å². The summed E-state index contributed by atoms with van der Waals surface area (Å²) in [5.74, 6) is 1.18. The fraction of sp³-hybridized carbons (Fsp3) is 0.120. The van der Waals surface area contributed by atoms with E-state index in [1.165, 1.54) is 0 Å². The van der Waals surface area contributed by atoms with Gasteiger partial charge in [0.2, 0.25) is 0 Å². The fourth-order valence-corrected chi connectivity index (χ4v) is 7.78. The van der Waals surface area contributed by atoms with Gasteiger partial charge in [-0.25, -0.2) is 19.3 Å². The molecule has 8 rings (SSSR count). The van der Waals surface area contributed by atoms with Crippen LogP contribution in [-0.2, 0) is 23.4 Å². The van der Waals surface area contributed by atoms with Gasteiger partial charge in [-0.05, 0) is 57.6 Å². The monoisotopic (exact) mass is 808 g/mol. The zero-order valence-corrected chi connectivity index (χ0v) is 33.7. The average Bonchev–Trinajstić information content (AvgIpc) is 3.69. The molecule has 2 heterocycles. The van der Waals surface area contributed by atoms with Crippen molar-refractivity contribution in [3.05, 3.63) is 216 Å². The fourth-order valence-electron chi connectivity index (χ4n) is 7.78. The molecule has 0 spiro atoms. The summed E-state index contributed by atoms with van der Waals surface area (Å²) in [6.45, 7) is 0.964. The lowest BCUT2D eigenvalue weighted by molar-refractivity contribution is -0.139. The Bertz CT molecular complexity index is 2570. The maximum Gasteiger partial charge on any atom is 0.330 e. The summed E-state index contributed by atoms with van der Waals surface area (Å²) in [7, 11) is 3.30. The molecule has 8 aromatic rings. The van der Waals surface area contributed by atoms with Gasteiger partial charge in [0.25, 0.3) is 0 Å². The molecule has 11 nitrogen and oxygen atoms in total. The third kappa shape index (κ3) is 8.35. The molecule has 0 aliphatic heterocycles. The number of amides is 2. The molecule has 0 aliphatic carbocycles. The number of fused-ring (bicyclic) bond motifs is 1. The standard InChI is InChI=1S/C50H44N6O5/c1-60-41-27-23-35(24-28-41)33-55(34-36-25-29-42(61-2)30-26-36)47-43-32-51-45(52-49(59)53-46(48(57)58)37-15-7-3-8-16-37)31-44(43)56(54-47)50(38-17-9-4-10-18-38,39-19-11-5-12-20-39)40-21-13-6-14-22-40/h3-32,46H,33-34H2,1-2H3,(H,57,58)(H2,51,52,53,59)/t46-/m0/s1. The van der Waals surface area contributed by atoms with E-state index in [0.29, 0.717) is 30.0 Å². The van der Waals surface area contributed by atoms with Crippen LogP contribution in [0.5, 0.6) is 11.5 Å². The molecule has 3 N–H and O–H groups in total. The molecule has 61 heavy (non-hydrogen) atoms. The zero-order chi connectivity index (χ0) is 42.2. The van der Waals surface area contributed by atoms with E-state index in [-0.39, 0.29) is 5.82 Å². The second-order valence-electron chi connectivity index (χ2n) is 14.5. The number of rotatable bonds is 15. The highest BCUT2D eigenvalue weighted by Crippen LogP contribution is 2.44. The summed E-state index contributed by atoms with van der Waals surface area (Å²) in [6.07, 6.45) is 1.72. The number of carboxylic acid groups (broad SMARTS) is 1. The van der Waals surface area contributed by atoms with E-state index < -0.39 is 23.6 Å². The molecule has 0 saturated heterocycles. The van der Waals surface area contributed by atoms with Gasteiger partial charge in [0, 0.05) is 25.4 Å². The summed E-state index contributed by atoms with van der Waals surface area (Å²) in [4.78, 5) is 32.9. The van der Waals surface area contributed by atoms with Crippen molar-refractivity contribution in [1.29, 1.82) is 0 Å². The number of carbonyl (C=O) groups is 2. The molecule has 0 bridgehead atoms. The van der Waals surface area contributed by atoms with Crippen LogP contribution in [0.15, 0.2) is 182 Å². The number of methoxy groups -OCH3 is 2. The topological polar surface area (TPSA) is 131 Å². The number of hydrogen-bond donors (Lipinski definition) is 3. The maximum absolute atomic E-state index is 13.6. The summed E-state index contributed by atoms with van der Waals surface area (Å²) in [5, 5.41) is 21.9. The Labute approximate surface area is 353 Å². The minimum Gasteiger partial charge on any atom is -0.497 e. The second kappa shape index (κ2) is 17.9. The van der Waals surface area contributed by atoms with E-state index in [1.54, 1.807) is 56.8 Å². The van der Waals surface area contributed by atoms with Crippen molar-refractivity contribution in [2.75, 3.05) is 24.4 Å². The van der Waals surface area contributed by atoms with Gasteiger partial charge < -0.3 is 24.8 Å². The lowest BCUT2D eigenvalue weighted by atomic mass is 9.77. The SMILES string of the molecule is COc1ccc(CN(Cc2ccc(OC)cc2)c2nn(C(c3ccccc3)(c3ccccc3)c3ccccc3)c3cc(NC(=O)N[C@H](C(=O)O)c4ccccc4)ncc23)cc1. The Kier molecular flexibility index (Phi) is 11.7. The molecule has 2 aromatic heterocycles. The van der Waals surface area contributed by atoms with Crippen LogP contribution in [0, 0.1) is 0 Å². The molecule has 0 aliphatic rings. The molecule has 0 radical (unpaired) electrons. The van der Waals surface area contributed by atoms with E-state index in [2.05, 4.69) is 51.9 Å². The van der Waals surface area contributed by atoms with Crippen molar-refractivity contribution in [2.24, 2.45) is 0 Å². The molecule has 1 atom stereocenters. The zero-order valence-electron chi connectivity index (χ0n) is 33.7. The van der Waals surface area contributed by atoms with Crippen molar-refractivity contribution in [3.8, 4) is 11.5 Å². The lowest BCUT2D eigenvalue weighted by Gasteiger charge is -2.37. The number of pyridine rings is 1. The van der Waals surface area contributed by atoms with Gasteiger partial charge in [0.1, 0.15) is 22.9 Å². The first-order chi connectivity index (χ1) is 29.9. The Morgan fingerprint density at radius 2 is 1.13 bits per heavy atom. The van der Waals surface area contributed by atoms with Crippen LogP contribution >= 0.6 is 0 Å². The number of nitrogens with one attached hydrogen (secondary N) is 2. The van der Waals surface area contributed by atoms with Crippen molar-refractivity contribution < 1.29 is 24.2 Å². The van der Waals surface area contributed by atoms with E-state index in [1.807, 2.05) is 108 Å². The minimum absolute atomic E-state index is 0.204.